The molecule has 1 heterocycles. The maximum atomic E-state index is 12.8. The van der Waals surface area contributed by atoms with E-state index >= 15 is 0 Å². The van der Waals surface area contributed by atoms with Gasteiger partial charge in [-0.3, -0.25) is 4.79 Å². The lowest BCUT2D eigenvalue weighted by molar-refractivity contribution is 0.0762. The van der Waals surface area contributed by atoms with Crippen LogP contribution < -0.4 is 5.32 Å². The minimum atomic E-state index is -0.135. The molecule has 1 fully saturated rings. The number of hydrogen-bond acceptors (Lipinski definition) is 3. The maximum Gasteiger partial charge on any atom is 0.321 e. The third kappa shape index (κ3) is 5.10. The van der Waals surface area contributed by atoms with Gasteiger partial charge in [0.25, 0.3) is 5.91 Å². The number of benzene rings is 2. The van der Waals surface area contributed by atoms with Gasteiger partial charge in [-0.15, -0.1) is 0 Å². The molecule has 2 aromatic rings. The standard InChI is InChI=1S/C22H27N3O3/c1-17-5-3-6-19(15-17)21(26)24-11-4-12-25(14-13-24)22(27)23-20-9-7-18(8-10-20)16-28-2/h3,5-10,15H,4,11-14,16H2,1-2H3,(H,23,27). The molecule has 0 bridgehead atoms. The summed E-state index contributed by atoms with van der Waals surface area (Å²) in [6.07, 6.45) is 0.762. The van der Waals surface area contributed by atoms with E-state index in [0.717, 1.165) is 23.2 Å². The van der Waals surface area contributed by atoms with Crippen LogP contribution in [-0.2, 0) is 11.3 Å². The number of nitrogens with one attached hydrogen (secondary N) is 1. The minimum absolute atomic E-state index is 0.0275. The van der Waals surface area contributed by atoms with E-state index in [9.17, 15) is 9.59 Å². The Bertz CT molecular complexity index is 820. The second kappa shape index (κ2) is 9.37. The summed E-state index contributed by atoms with van der Waals surface area (Å²) < 4.78 is 5.10. The van der Waals surface area contributed by atoms with Gasteiger partial charge in [0, 0.05) is 44.5 Å². The number of hydrogen-bond donors (Lipinski definition) is 1. The second-order valence-electron chi connectivity index (χ2n) is 7.06. The summed E-state index contributed by atoms with van der Waals surface area (Å²) in [4.78, 5) is 29.0. The largest absolute Gasteiger partial charge is 0.380 e. The number of rotatable bonds is 4. The zero-order valence-corrected chi connectivity index (χ0v) is 16.5. The van der Waals surface area contributed by atoms with Crippen molar-refractivity contribution in [1.82, 2.24) is 9.80 Å². The van der Waals surface area contributed by atoms with Crippen molar-refractivity contribution in [3.05, 3.63) is 65.2 Å². The van der Waals surface area contributed by atoms with E-state index in [-0.39, 0.29) is 11.9 Å². The van der Waals surface area contributed by atoms with Crippen molar-refractivity contribution in [1.29, 1.82) is 0 Å². The first-order valence-corrected chi connectivity index (χ1v) is 9.56. The molecule has 1 aliphatic rings. The highest BCUT2D eigenvalue weighted by atomic mass is 16.5. The molecule has 1 saturated heterocycles. The van der Waals surface area contributed by atoms with Crippen LogP contribution in [-0.4, -0.2) is 55.0 Å². The Morgan fingerprint density at radius 1 is 1.00 bits per heavy atom. The molecule has 0 aromatic heterocycles. The number of ether oxygens (including phenoxy) is 1. The molecule has 3 amide bonds. The number of carbonyl (C=O) groups excluding carboxylic acids is 2. The number of urea groups is 1. The topological polar surface area (TPSA) is 61.9 Å². The molecule has 0 atom stereocenters. The monoisotopic (exact) mass is 381 g/mol. The van der Waals surface area contributed by atoms with Gasteiger partial charge in [-0.1, -0.05) is 29.8 Å². The molecule has 0 radical (unpaired) electrons. The van der Waals surface area contributed by atoms with Gasteiger partial charge in [-0.05, 0) is 43.2 Å². The summed E-state index contributed by atoms with van der Waals surface area (Å²) in [6, 6.07) is 15.1. The van der Waals surface area contributed by atoms with Crippen LogP contribution in [0, 0.1) is 6.92 Å². The van der Waals surface area contributed by atoms with Gasteiger partial charge in [0.05, 0.1) is 6.61 Å². The average molecular weight is 381 g/mol. The molecule has 0 spiro atoms. The Balaban J connectivity index is 1.56. The van der Waals surface area contributed by atoms with E-state index in [4.69, 9.17) is 4.74 Å². The van der Waals surface area contributed by atoms with Gasteiger partial charge in [0.1, 0.15) is 0 Å². The first-order chi connectivity index (χ1) is 13.6. The number of nitrogens with zero attached hydrogens (tertiary/aromatic N) is 2. The molecule has 1 N–H and O–H groups in total. The molecule has 148 valence electrons. The summed E-state index contributed by atoms with van der Waals surface area (Å²) >= 11 is 0. The molecule has 1 aliphatic heterocycles. The molecule has 0 saturated carbocycles. The van der Waals surface area contributed by atoms with Crippen LogP contribution in [0.5, 0.6) is 0 Å². The normalized spacial score (nSPS) is 14.5. The van der Waals surface area contributed by atoms with Crippen LogP contribution in [0.1, 0.15) is 27.9 Å². The van der Waals surface area contributed by atoms with Crippen molar-refractivity contribution in [3.63, 3.8) is 0 Å². The summed E-state index contributed by atoms with van der Waals surface area (Å²) in [5.41, 5.74) is 3.58. The van der Waals surface area contributed by atoms with Gasteiger partial charge in [-0.25, -0.2) is 4.79 Å². The predicted octanol–water partition coefficient (Wildman–Crippen LogP) is 3.52. The van der Waals surface area contributed by atoms with Crippen molar-refractivity contribution in [2.45, 2.75) is 20.0 Å². The van der Waals surface area contributed by atoms with Gasteiger partial charge >= 0.3 is 6.03 Å². The highest BCUT2D eigenvalue weighted by Crippen LogP contribution is 2.14. The fraction of sp³-hybridized carbons (Fsp3) is 0.364. The zero-order valence-electron chi connectivity index (χ0n) is 16.5. The average Bonchev–Trinajstić information content (AvgIpc) is 2.95. The summed E-state index contributed by atoms with van der Waals surface area (Å²) in [5.74, 6) is 0.0275. The third-order valence-electron chi connectivity index (χ3n) is 4.85. The summed E-state index contributed by atoms with van der Waals surface area (Å²) in [7, 11) is 1.65. The van der Waals surface area contributed by atoms with Crippen molar-refractivity contribution < 1.29 is 14.3 Å². The lowest BCUT2D eigenvalue weighted by Gasteiger charge is -2.22. The van der Waals surface area contributed by atoms with Crippen LogP contribution in [0.2, 0.25) is 0 Å². The van der Waals surface area contributed by atoms with Gasteiger partial charge in [-0.2, -0.15) is 0 Å². The third-order valence-corrected chi connectivity index (χ3v) is 4.85. The lowest BCUT2D eigenvalue weighted by atomic mass is 10.1. The van der Waals surface area contributed by atoms with E-state index in [1.807, 2.05) is 60.4 Å². The fourth-order valence-electron chi connectivity index (χ4n) is 3.34. The number of aryl methyl sites for hydroxylation is 1. The van der Waals surface area contributed by atoms with Crippen LogP contribution in [0.15, 0.2) is 48.5 Å². The van der Waals surface area contributed by atoms with Crippen molar-refractivity contribution in [3.8, 4) is 0 Å². The van der Waals surface area contributed by atoms with E-state index in [2.05, 4.69) is 5.32 Å². The number of amides is 3. The predicted molar refractivity (Wildman–Crippen MR) is 109 cm³/mol. The van der Waals surface area contributed by atoms with Crippen molar-refractivity contribution in [2.75, 3.05) is 38.6 Å². The Hall–Kier alpha value is -2.86. The second-order valence-corrected chi connectivity index (χ2v) is 7.06. The molecule has 2 aromatic carbocycles. The smallest absolute Gasteiger partial charge is 0.321 e. The first kappa shape index (κ1) is 19.9. The Morgan fingerprint density at radius 2 is 1.71 bits per heavy atom. The molecule has 6 heteroatoms. The summed E-state index contributed by atoms with van der Waals surface area (Å²) in [6.45, 7) is 4.86. The molecular formula is C22H27N3O3. The SMILES string of the molecule is COCc1ccc(NC(=O)N2CCCN(C(=O)c3cccc(C)c3)CC2)cc1. The minimum Gasteiger partial charge on any atom is -0.380 e. The maximum absolute atomic E-state index is 12.8. The van der Waals surface area contributed by atoms with Crippen LogP contribution >= 0.6 is 0 Å². The fourth-order valence-corrected chi connectivity index (χ4v) is 3.34. The van der Waals surface area contributed by atoms with E-state index in [1.165, 1.54) is 0 Å². The quantitative estimate of drug-likeness (QED) is 0.881. The molecular weight excluding hydrogens is 354 g/mol. The van der Waals surface area contributed by atoms with Crippen LogP contribution in [0.25, 0.3) is 0 Å². The zero-order chi connectivity index (χ0) is 19.9. The van der Waals surface area contributed by atoms with Crippen molar-refractivity contribution in [2.24, 2.45) is 0 Å². The number of methoxy groups -OCH3 is 1. The van der Waals surface area contributed by atoms with E-state index in [1.54, 1.807) is 12.0 Å². The van der Waals surface area contributed by atoms with E-state index in [0.29, 0.717) is 38.3 Å². The number of carbonyl (C=O) groups is 2. The Kier molecular flexibility index (Phi) is 6.66. The van der Waals surface area contributed by atoms with Crippen LogP contribution in [0.3, 0.4) is 0 Å². The van der Waals surface area contributed by atoms with Gasteiger partial charge < -0.3 is 19.9 Å². The Labute approximate surface area is 166 Å². The highest BCUT2D eigenvalue weighted by Gasteiger charge is 2.23. The summed E-state index contributed by atoms with van der Waals surface area (Å²) in [5, 5.41) is 2.93. The molecule has 6 nitrogen and oxygen atoms in total. The Morgan fingerprint density at radius 3 is 2.43 bits per heavy atom. The van der Waals surface area contributed by atoms with Crippen molar-refractivity contribution >= 4 is 17.6 Å². The first-order valence-electron chi connectivity index (χ1n) is 9.56. The molecule has 0 aliphatic carbocycles. The molecule has 28 heavy (non-hydrogen) atoms. The number of anilines is 1. The van der Waals surface area contributed by atoms with Crippen LogP contribution in [0.4, 0.5) is 10.5 Å². The molecule has 0 unspecified atom stereocenters. The van der Waals surface area contributed by atoms with E-state index < -0.39 is 0 Å². The van der Waals surface area contributed by atoms with Gasteiger partial charge in [0.15, 0.2) is 0 Å². The highest BCUT2D eigenvalue weighted by molar-refractivity contribution is 5.94. The lowest BCUT2D eigenvalue weighted by Crippen LogP contribution is -2.39. The molecule has 3 rings (SSSR count). The van der Waals surface area contributed by atoms with Gasteiger partial charge in [0.2, 0.25) is 0 Å².